The van der Waals surface area contributed by atoms with E-state index in [-0.39, 0.29) is 25.0 Å². The van der Waals surface area contributed by atoms with E-state index in [4.69, 9.17) is 10.00 Å². The number of nitrogens with zero attached hydrogens (tertiary/aromatic N) is 1. The Labute approximate surface area is 156 Å². The quantitative estimate of drug-likeness (QED) is 0.719. The number of esters is 1. The maximum Gasteiger partial charge on any atom is 0.341 e. The van der Waals surface area contributed by atoms with Crippen LogP contribution in [0.4, 0.5) is 10.7 Å². The largest absolute Gasteiger partial charge is 0.462 e. The minimum Gasteiger partial charge on any atom is -0.462 e. The number of rotatable bonds is 7. The predicted octanol–water partition coefficient (Wildman–Crippen LogP) is 3.97. The first kappa shape index (κ1) is 19.5. The molecule has 2 N–H and O–H groups in total. The minimum absolute atomic E-state index is 0.0199. The van der Waals surface area contributed by atoms with Crippen molar-refractivity contribution in [1.29, 1.82) is 5.26 Å². The van der Waals surface area contributed by atoms with Gasteiger partial charge in [0.2, 0.25) is 5.91 Å². The first-order chi connectivity index (χ1) is 12.4. The van der Waals surface area contributed by atoms with Gasteiger partial charge in [0, 0.05) is 10.6 Å². The van der Waals surface area contributed by atoms with E-state index >= 15 is 0 Å². The summed E-state index contributed by atoms with van der Waals surface area (Å²) in [5.41, 5.74) is 1.57. The maximum atomic E-state index is 12.3. The van der Waals surface area contributed by atoms with Crippen LogP contribution in [-0.4, -0.2) is 25.0 Å². The summed E-state index contributed by atoms with van der Waals surface area (Å²) in [5, 5.41) is 15.1. The van der Waals surface area contributed by atoms with Crippen LogP contribution in [0.3, 0.4) is 0 Å². The van der Waals surface area contributed by atoms with Gasteiger partial charge < -0.3 is 15.4 Å². The van der Waals surface area contributed by atoms with Gasteiger partial charge in [-0.2, -0.15) is 5.26 Å². The second-order valence-electron chi connectivity index (χ2n) is 5.86. The lowest BCUT2D eigenvalue weighted by atomic mass is 10.1. The molecule has 0 fully saturated rings. The molecule has 2 aromatic rings. The van der Waals surface area contributed by atoms with Crippen molar-refractivity contribution in [2.24, 2.45) is 0 Å². The van der Waals surface area contributed by atoms with Gasteiger partial charge in [-0.1, -0.05) is 19.9 Å². The van der Waals surface area contributed by atoms with E-state index in [0.29, 0.717) is 21.8 Å². The SMILES string of the molecule is CCOC(=O)c1cc(C(C)C)sc1NC(=O)CNc1cccc(C#N)c1. The molecule has 0 aliphatic rings. The van der Waals surface area contributed by atoms with Crippen molar-refractivity contribution in [2.75, 3.05) is 23.8 Å². The maximum absolute atomic E-state index is 12.3. The Morgan fingerprint density at radius 1 is 1.31 bits per heavy atom. The Balaban J connectivity index is 2.07. The van der Waals surface area contributed by atoms with Crippen LogP contribution < -0.4 is 10.6 Å². The topological polar surface area (TPSA) is 91.2 Å². The lowest BCUT2D eigenvalue weighted by Crippen LogP contribution is -2.22. The molecule has 0 spiro atoms. The van der Waals surface area contributed by atoms with Crippen molar-refractivity contribution in [2.45, 2.75) is 26.7 Å². The van der Waals surface area contributed by atoms with Crippen molar-refractivity contribution in [3.8, 4) is 6.07 Å². The number of amides is 1. The molecule has 1 heterocycles. The average molecular weight is 371 g/mol. The fourth-order valence-electron chi connectivity index (χ4n) is 2.20. The number of carbonyl (C=O) groups excluding carboxylic acids is 2. The zero-order valence-corrected chi connectivity index (χ0v) is 15.8. The summed E-state index contributed by atoms with van der Waals surface area (Å²) in [6.45, 7) is 6.08. The second-order valence-corrected chi connectivity index (χ2v) is 6.94. The molecular formula is C19H21N3O3S. The number of thiophene rings is 1. The molecule has 26 heavy (non-hydrogen) atoms. The van der Waals surface area contributed by atoms with E-state index in [1.807, 2.05) is 19.9 Å². The van der Waals surface area contributed by atoms with E-state index in [0.717, 1.165) is 4.88 Å². The van der Waals surface area contributed by atoms with Crippen LogP contribution >= 0.6 is 11.3 Å². The van der Waals surface area contributed by atoms with Gasteiger partial charge in [-0.3, -0.25) is 4.79 Å². The fourth-order valence-corrected chi connectivity index (χ4v) is 3.27. The highest BCUT2D eigenvalue weighted by Crippen LogP contribution is 2.33. The van der Waals surface area contributed by atoms with Crippen LogP contribution in [0, 0.1) is 11.3 Å². The number of hydrogen-bond donors (Lipinski definition) is 2. The number of benzene rings is 1. The standard InChI is InChI=1S/C19H21N3O3S/c1-4-25-19(24)15-9-16(12(2)3)26-18(15)22-17(23)11-21-14-7-5-6-13(8-14)10-20/h5-9,12,21H,4,11H2,1-3H3,(H,22,23). The molecule has 6 nitrogen and oxygen atoms in total. The van der Waals surface area contributed by atoms with E-state index < -0.39 is 5.97 Å². The number of carbonyl (C=O) groups is 2. The summed E-state index contributed by atoms with van der Waals surface area (Å²) in [5.74, 6) is -0.485. The third-order valence-electron chi connectivity index (χ3n) is 3.51. The smallest absolute Gasteiger partial charge is 0.341 e. The van der Waals surface area contributed by atoms with Crippen molar-refractivity contribution in [3.63, 3.8) is 0 Å². The summed E-state index contributed by atoms with van der Waals surface area (Å²) < 4.78 is 5.07. The molecule has 0 saturated carbocycles. The normalized spacial score (nSPS) is 10.3. The number of nitriles is 1. The molecule has 0 saturated heterocycles. The molecule has 0 unspecified atom stereocenters. The zero-order chi connectivity index (χ0) is 19.1. The number of anilines is 2. The summed E-state index contributed by atoms with van der Waals surface area (Å²) in [4.78, 5) is 25.4. The molecule has 1 aromatic heterocycles. The summed E-state index contributed by atoms with van der Waals surface area (Å²) in [7, 11) is 0. The molecule has 1 amide bonds. The van der Waals surface area contributed by atoms with Gasteiger partial charge in [-0.25, -0.2) is 4.79 Å². The highest BCUT2D eigenvalue weighted by molar-refractivity contribution is 7.16. The Morgan fingerprint density at radius 3 is 2.73 bits per heavy atom. The summed E-state index contributed by atoms with van der Waals surface area (Å²) >= 11 is 1.37. The van der Waals surface area contributed by atoms with Crippen molar-refractivity contribution < 1.29 is 14.3 Å². The van der Waals surface area contributed by atoms with Crippen LogP contribution in [0.2, 0.25) is 0 Å². The van der Waals surface area contributed by atoms with Crippen molar-refractivity contribution >= 4 is 33.9 Å². The first-order valence-electron chi connectivity index (χ1n) is 8.29. The van der Waals surface area contributed by atoms with E-state index in [1.54, 1.807) is 37.3 Å². The van der Waals surface area contributed by atoms with Crippen LogP contribution in [0.25, 0.3) is 0 Å². The molecule has 1 aromatic carbocycles. The predicted molar refractivity (Wildman–Crippen MR) is 103 cm³/mol. The first-order valence-corrected chi connectivity index (χ1v) is 9.11. The van der Waals surface area contributed by atoms with E-state index in [9.17, 15) is 9.59 Å². The zero-order valence-electron chi connectivity index (χ0n) is 15.0. The highest BCUT2D eigenvalue weighted by atomic mass is 32.1. The van der Waals surface area contributed by atoms with Gasteiger partial charge in [0.15, 0.2) is 0 Å². The van der Waals surface area contributed by atoms with Crippen molar-refractivity contribution in [1.82, 2.24) is 0 Å². The Hall–Kier alpha value is -2.85. The second kappa shape index (κ2) is 9.02. The molecule has 0 aliphatic heterocycles. The number of nitrogens with one attached hydrogen (secondary N) is 2. The number of ether oxygens (including phenoxy) is 1. The molecule has 0 aliphatic carbocycles. The van der Waals surface area contributed by atoms with Gasteiger partial charge in [-0.05, 0) is 37.1 Å². The Morgan fingerprint density at radius 2 is 2.08 bits per heavy atom. The van der Waals surface area contributed by atoms with Crippen LogP contribution in [0.5, 0.6) is 0 Å². The minimum atomic E-state index is -0.444. The number of hydrogen-bond acceptors (Lipinski definition) is 6. The Bertz CT molecular complexity index is 837. The van der Waals surface area contributed by atoms with Crippen LogP contribution in [0.15, 0.2) is 30.3 Å². The lowest BCUT2D eigenvalue weighted by molar-refractivity contribution is -0.114. The van der Waals surface area contributed by atoms with E-state index in [2.05, 4.69) is 10.6 Å². The fraction of sp³-hybridized carbons (Fsp3) is 0.316. The van der Waals surface area contributed by atoms with Gasteiger partial charge in [0.05, 0.1) is 30.3 Å². The van der Waals surface area contributed by atoms with Gasteiger partial charge >= 0.3 is 5.97 Å². The van der Waals surface area contributed by atoms with Gasteiger partial charge in [-0.15, -0.1) is 11.3 Å². The summed E-state index contributed by atoms with van der Waals surface area (Å²) in [6, 6.07) is 10.7. The van der Waals surface area contributed by atoms with Crippen molar-refractivity contribution in [3.05, 3.63) is 46.3 Å². The molecular weight excluding hydrogens is 350 g/mol. The van der Waals surface area contributed by atoms with Gasteiger partial charge in [0.1, 0.15) is 5.00 Å². The Kier molecular flexibility index (Phi) is 6.75. The molecule has 7 heteroatoms. The molecule has 136 valence electrons. The monoisotopic (exact) mass is 371 g/mol. The lowest BCUT2D eigenvalue weighted by Gasteiger charge is -2.08. The highest BCUT2D eigenvalue weighted by Gasteiger charge is 2.20. The molecule has 0 radical (unpaired) electrons. The van der Waals surface area contributed by atoms with E-state index in [1.165, 1.54) is 11.3 Å². The average Bonchev–Trinajstić information content (AvgIpc) is 3.04. The third-order valence-corrected chi connectivity index (χ3v) is 4.86. The van der Waals surface area contributed by atoms with Crippen LogP contribution in [-0.2, 0) is 9.53 Å². The molecule has 2 rings (SSSR count). The van der Waals surface area contributed by atoms with Crippen LogP contribution in [0.1, 0.15) is 47.5 Å². The summed E-state index contributed by atoms with van der Waals surface area (Å²) in [6.07, 6.45) is 0. The molecule has 0 atom stereocenters. The third kappa shape index (κ3) is 5.07. The molecule has 0 bridgehead atoms. The van der Waals surface area contributed by atoms with Gasteiger partial charge in [0.25, 0.3) is 0 Å².